The second-order valence-corrected chi connectivity index (χ2v) is 5.45. The molecule has 2 fully saturated rings. The lowest BCUT2D eigenvalue weighted by atomic mass is 9.89. The summed E-state index contributed by atoms with van der Waals surface area (Å²) in [5.74, 6) is -1.48. The van der Waals surface area contributed by atoms with Gasteiger partial charge in [-0.3, -0.25) is 9.59 Å². The Balaban J connectivity index is 2.05. The predicted molar refractivity (Wildman–Crippen MR) is 67.4 cm³/mol. The van der Waals surface area contributed by atoms with Gasteiger partial charge in [0.25, 0.3) is 0 Å². The van der Waals surface area contributed by atoms with Gasteiger partial charge >= 0.3 is 5.97 Å². The number of carboxylic acids is 1. The molecule has 6 heteroatoms. The van der Waals surface area contributed by atoms with Crippen LogP contribution in [0.1, 0.15) is 51.4 Å². The van der Waals surface area contributed by atoms with E-state index in [9.17, 15) is 19.5 Å². The van der Waals surface area contributed by atoms with Crippen molar-refractivity contribution in [2.45, 2.75) is 62.9 Å². The van der Waals surface area contributed by atoms with Crippen LogP contribution in [0.4, 0.5) is 0 Å². The Morgan fingerprint density at radius 1 is 1.21 bits per heavy atom. The molecule has 1 atom stereocenters. The highest BCUT2D eigenvalue weighted by atomic mass is 16.4. The van der Waals surface area contributed by atoms with E-state index in [1.165, 1.54) is 0 Å². The number of aliphatic carboxylic acids is 1. The van der Waals surface area contributed by atoms with Crippen molar-refractivity contribution in [1.29, 1.82) is 0 Å². The summed E-state index contributed by atoms with van der Waals surface area (Å²) in [4.78, 5) is 34.7. The number of hydrogen-bond donors (Lipinski definition) is 3. The Kier molecular flexibility index (Phi) is 4.07. The average molecular weight is 268 g/mol. The third kappa shape index (κ3) is 3.05. The fourth-order valence-electron chi connectivity index (χ4n) is 2.86. The second-order valence-electron chi connectivity index (χ2n) is 5.45. The lowest BCUT2D eigenvalue weighted by Crippen LogP contribution is -2.58. The highest BCUT2D eigenvalue weighted by molar-refractivity contribution is 5.94. The molecule has 1 aliphatic carbocycles. The van der Waals surface area contributed by atoms with Crippen LogP contribution in [0, 0.1) is 0 Å². The molecule has 0 radical (unpaired) electrons. The molecule has 19 heavy (non-hydrogen) atoms. The van der Waals surface area contributed by atoms with Crippen LogP contribution in [0.2, 0.25) is 0 Å². The normalized spacial score (nSPS) is 26.3. The highest BCUT2D eigenvalue weighted by Gasteiger charge is 2.42. The number of carbonyl (C=O) groups excluding carboxylic acids is 2. The SMILES string of the molecule is O=C1CCC(C(=O)NC2(C(=O)O)CCCCCC2)N1. The Bertz CT molecular complexity index is 386. The summed E-state index contributed by atoms with van der Waals surface area (Å²) >= 11 is 0. The summed E-state index contributed by atoms with van der Waals surface area (Å²) in [7, 11) is 0. The van der Waals surface area contributed by atoms with Crippen molar-refractivity contribution >= 4 is 17.8 Å². The first-order valence-corrected chi connectivity index (χ1v) is 6.88. The fraction of sp³-hybridized carbons (Fsp3) is 0.769. The standard InChI is InChI=1S/C13H20N2O4/c16-10-6-5-9(14-10)11(17)15-13(12(18)19)7-3-1-2-4-8-13/h9H,1-8H2,(H,14,16)(H,15,17)(H,18,19). The van der Waals surface area contributed by atoms with E-state index in [4.69, 9.17) is 0 Å². The monoisotopic (exact) mass is 268 g/mol. The molecule has 0 aromatic carbocycles. The van der Waals surface area contributed by atoms with E-state index >= 15 is 0 Å². The molecular formula is C13H20N2O4. The molecule has 106 valence electrons. The van der Waals surface area contributed by atoms with Gasteiger partial charge in [-0.15, -0.1) is 0 Å². The first kappa shape index (κ1) is 13.8. The average Bonchev–Trinajstić information content (AvgIpc) is 2.65. The first-order chi connectivity index (χ1) is 9.03. The third-order valence-corrected chi connectivity index (χ3v) is 4.04. The quantitative estimate of drug-likeness (QED) is 0.652. The fourth-order valence-corrected chi connectivity index (χ4v) is 2.86. The minimum atomic E-state index is -1.15. The molecular weight excluding hydrogens is 248 g/mol. The van der Waals surface area contributed by atoms with Crippen LogP contribution in [0.15, 0.2) is 0 Å². The molecule has 2 rings (SSSR count). The van der Waals surface area contributed by atoms with Crippen molar-refractivity contribution < 1.29 is 19.5 Å². The minimum absolute atomic E-state index is 0.148. The van der Waals surface area contributed by atoms with Crippen molar-refractivity contribution in [3.05, 3.63) is 0 Å². The molecule has 1 saturated heterocycles. The largest absolute Gasteiger partial charge is 0.480 e. The third-order valence-electron chi connectivity index (χ3n) is 4.04. The van der Waals surface area contributed by atoms with Crippen LogP contribution in [-0.4, -0.2) is 34.5 Å². The van der Waals surface area contributed by atoms with Gasteiger partial charge in [0.1, 0.15) is 11.6 Å². The van der Waals surface area contributed by atoms with Gasteiger partial charge in [0.05, 0.1) is 0 Å². The number of carbonyl (C=O) groups is 3. The second kappa shape index (κ2) is 5.59. The van der Waals surface area contributed by atoms with Gasteiger partial charge < -0.3 is 15.7 Å². The first-order valence-electron chi connectivity index (χ1n) is 6.88. The zero-order valence-electron chi connectivity index (χ0n) is 10.9. The number of carboxylic acid groups (broad SMARTS) is 1. The van der Waals surface area contributed by atoms with Crippen LogP contribution in [0.25, 0.3) is 0 Å². The van der Waals surface area contributed by atoms with Crippen molar-refractivity contribution in [3.63, 3.8) is 0 Å². The van der Waals surface area contributed by atoms with Gasteiger partial charge in [-0.2, -0.15) is 0 Å². The van der Waals surface area contributed by atoms with E-state index in [0.717, 1.165) is 25.7 Å². The number of nitrogens with one attached hydrogen (secondary N) is 2. The summed E-state index contributed by atoms with van der Waals surface area (Å²) < 4.78 is 0. The maximum Gasteiger partial charge on any atom is 0.329 e. The zero-order valence-corrected chi connectivity index (χ0v) is 10.9. The summed E-state index contributed by atoms with van der Waals surface area (Å²) in [5, 5.41) is 14.7. The molecule has 1 heterocycles. The Labute approximate surface area is 111 Å². The maximum absolute atomic E-state index is 12.1. The van der Waals surface area contributed by atoms with Crippen LogP contribution in [0.3, 0.4) is 0 Å². The van der Waals surface area contributed by atoms with E-state index in [1.807, 2.05) is 0 Å². The number of hydrogen-bond acceptors (Lipinski definition) is 3. The lowest BCUT2D eigenvalue weighted by Gasteiger charge is -2.30. The maximum atomic E-state index is 12.1. The van der Waals surface area contributed by atoms with Crippen LogP contribution < -0.4 is 10.6 Å². The van der Waals surface area contributed by atoms with E-state index in [0.29, 0.717) is 25.7 Å². The molecule has 6 nitrogen and oxygen atoms in total. The lowest BCUT2D eigenvalue weighted by molar-refractivity contribution is -0.148. The molecule has 0 aromatic rings. The molecule has 0 aromatic heterocycles. The zero-order chi connectivity index (χ0) is 13.9. The Morgan fingerprint density at radius 3 is 2.32 bits per heavy atom. The smallest absolute Gasteiger partial charge is 0.329 e. The van der Waals surface area contributed by atoms with E-state index in [2.05, 4.69) is 10.6 Å². The van der Waals surface area contributed by atoms with Crippen molar-refractivity contribution in [2.24, 2.45) is 0 Å². The van der Waals surface area contributed by atoms with E-state index in [1.54, 1.807) is 0 Å². The molecule has 1 unspecified atom stereocenters. The van der Waals surface area contributed by atoms with Crippen LogP contribution in [-0.2, 0) is 14.4 Å². The summed E-state index contributed by atoms with van der Waals surface area (Å²) in [6, 6.07) is -0.577. The van der Waals surface area contributed by atoms with Crippen molar-refractivity contribution in [1.82, 2.24) is 10.6 Å². The van der Waals surface area contributed by atoms with Crippen molar-refractivity contribution in [3.8, 4) is 0 Å². The number of rotatable bonds is 3. The Hall–Kier alpha value is -1.59. The van der Waals surface area contributed by atoms with Gasteiger partial charge in [0.2, 0.25) is 11.8 Å². The molecule has 2 aliphatic rings. The van der Waals surface area contributed by atoms with Gasteiger partial charge in [0, 0.05) is 6.42 Å². The topological polar surface area (TPSA) is 95.5 Å². The molecule has 3 N–H and O–H groups in total. The molecule has 0 spiro atoms. The number of amides is 2. The van der Waals surface area contributed by atoms with Gasteiger partial charge in [-0.05, 0) is 19.3 Å². The van der Waals surface area contributed by atoms with Crippen molar-refractivity contribution in [2.75, 3.05) is 0 Å². The van der Waals surface area contributed by atoms with Crippen LogP contribution >= 0.6 is 0 Å². The van der Waals surface area contributed by atoms with E-state index in [-0.39, 0.29) is 11.8 Å². The van der Waals surface area contributed by atoms with Crippen LogP contribution in [0.5, 0.6) is 0 Å². The molecule has 0 bridgehead atoms. The Morgan fingerprint density at radius 2 is 1.84 bits per heavy atom. The molecule has 1 aliphatic heterocycles. The predicted octanol–water partition coefficient (Wildman–Crippen LogP) is 0.559. The summed E-state index contributed by atoms with van der Waals surface area (Å²) in [5.41, 5.74) is -1.15. The minimum Gasteiger partial charge on any atom is -0.480 e. The van der Waals surface area contributed by atoms with Gasteiger partial charge in [0.15, 0.2) is 0 Å². The van der Waals surface area contributed by atoms with E-state index < -0.39 is 17.6 Å². The summed E-state index contributed by atoms with van der Waals surface area (Å²) in [6.07, 6.45) is 5.34. The molecule has 2 amide bonds. The van der Waals surface area contributed by atoms with Gasteiger partial charge in [-0.25, -0.2) is 4.79 Å². The summed E-state index contributed by atoms with van der Waals surface area (Å²) in [6.45, 7) is 0. The van der Waals surface area contributed by atoms with Gasteiger partial charge in [-0.1, -0.05) is 25.7 Å². The molecule has 1 saturated carbocycles. The highest BCUT2D eigenvalue weighted by Crippen LogP contribution is 2.28.